The van der Waals surface area contributed by atoms with Crippen LogP contribution in [-0.4, -0.2) is 47.6 Å². The number of benzene rings is 1. The SMILES string of the molecule is CC1CN(C(C)C(=O)Nc2nc3ccccc3s2)CCO1. The van der Waals surface area contributed by atoms with Crippen molar-refractivity contribution in [2.45, 2.75) is 26.0 Å². The Balaban J connectivity index is 1.67. The molecule has 2 aromatic rings. The molecule has 6 heteroatoms. The molecule has 2 unspecified atom stereocenters. The molecule has 112 valence electrons. The van der Waals surface area contributed by atoms with E-state index in [1.54, 1.807) is 0 Å². The number of fused-ring (bicyclic) bond motifs is 1. The van der Waals surface area contributed by atoms with Crippen molar-refractivity contribution in [3.63, 3.8) is 0 Å². The van der Waals surface area contributed by atoms with Crippen LogP contribution in [-0.2, 0) is 9.53 Å². The van der Waals surface area contributed by atoms with Crippen molar-refractivity contribution in [2.75, 3.05) is 25.0 Å². The lowest BCUT2D eigenvalue weighted by Crippen LogP contribution is -2.50. The summed E-state index contributed by atoms with van der Waals surface area (Å²) >= 11 is 1.50. The number of morpholine rings is 1. The van der Waals surface area contributed by atoms with Gasteiger partial charge in [-0.3, -0.25) is 9.69 Å². The number of rotatable bonds is 3. The first-order valence-corrected chi connectivity index (χ1v) is 7.97. The molecule has 0 radical (unpaired) electrons. The minimum absolute atomic E-state index is 0.0110. The fraction of sp³-hybridized carbons (Fsp3) is 0.467. The smallest absolute Gasteiger partial charge is 0.243 e. The Bertz CT molecular complexity index is 610. The van der Waals surface area contributed by atoms with E-state index in [2.05, 4.69) is 15.2 Å². The number of amides is 1. The lowest BCUT2D eigenvalue weighted by molar-refractivity contribution is -0.123. The van der Waals surface area contributed by atoms with Crippen molar-refractivity contribution >= 4 is 32.6 Å². The first-order chi connectivity index (χ1) is 10.1. The summed E-state index contributed by atoms with van der Waals surface area (Å²) in [6, 6.07) is 7.71. The van der Waals surface area contributed by atoms with E-state index in [4.69, 9.17) is 4.74 Å². The lowest BCUT2D eigenvalue weighted by Gasteiger charge is -2.34. The third-order valence-electron chi connectivity index (χ3n) is 3.72. The minimum atomic E-state index is -0.177. The minimum Gasteiger partial charge on any atom is -0.376 e. The number of nitrogens with one attached hydrogen (secondary N) is 1. The normalized spacial score (nSPS) is 21.3. The maximum absolute atomic E-state index is 12.4. The highest BCUT2D eigenvalue weighted by Crippen LogP contribution is 2.25. The number of hydrogen-bond acceptors (Lipinski definition) is 5. The number of anilines is 1. The van der Waals surface area contributed by atoms with Gasteiger partial charge in [-0.25, -0.2) is 4.98 Å². The molecule has 0 spiro atoms. The number of nitrogens with zero attached hydrogens (tertiary/aromatic N) is 2. The lowest BCUT2D eigenvalue weighted by atomic mass is 10.2. The molecule has 21 heavy (non-hydrogen) atoms. The van der Waals surface area contributed by atoms with Gasteiger partial charge in [0.15, 0.2) is 5.13 Å². The van der Waals surface area contributed by atoms with E-state index in [1.165, 1.54) is 11.3 Å². The standard InChI is InChI=1S/C15H19N3O2S/c1-10-9-18(7-8-20-10)11(2)14(19)17-15-16-12-5-3-4-6-13(12)21-15/h3-6,10-11H,7-9H2,1-2H3,(H,16,17,19). The second-order valence-corrected chi connectivity index (χ2v) is 6.36. The summed E-state index contributed by atoms with van der Waals surface area (Å²) in [5.74, 6) is -0.0110. The van der Waals surface area contributed by atoms with Gasteiger partial charge in [-0.2, -0.15) is 0 Å². The molecule has 1 fully saturated rings. The maximum atomic E-state index is 12.4. The average Bonchev–Trinajstić information content (AvgIpc) is 2.88. The van der Waals surface area contributed by atoms with E-state index in [0.717, 1.165) is 23.3 Å². The van der Waals surface area contributed by atoms with E-state index < -0.39 is 0 Å². The van der Waals surface area contributed by atoms with Gasteiger partial charge in [0.25, 0.3) is 0 Å². The van der Waals surface area contributed by atoms with Gasteiger partial charge < -0.3 is 10.1 Å². The van der Waals surface area contributed by atoms with Gasteiger partial charge in [0.2, 0.25) is 5.91 Å². The largest absolute Gasteiger partial charge is 0.376 e. The van der Waals surface area contributed by atoms with Crippen LogP contribution in [0.4, 0.5) is 5.13 Å². The Labute approximate surface area is 127 Å². The third kappa shape index (κ3) is 3.23. The molecule has 0 saturated carbocycles. The van der Waals surface area contributed by atoms with Gasteiger partial charge in [0.1, 0.15) is 0 Å². The zero-order valence-electron chi connectivity index (χ0n) is 12.2. The van der Waals surface area contributed by atoms with Crippen LogP contribution in [0, 0.1) is 0 Å². The molecule has 2 atom stereocenters. The zero-order chi connectivity index (χ0) is 14.8. The number of para-hydroxylation sites is 1. The molecule has 0 aliphatic carbocycles. The monoisotopic (exact) mass is 305 g/mol. The van der Waals surface area contributed by atoms with Crippen LogP contribution in [0.25, 0.3) is 10.2 Å². The fourth-order valence-corrected chi connectivity index (χ4v) is 3.37. The van der Waals surface area contributed by atoms with Crippen molar-refractivity contribution in [2.24, 2.45) is 0 Å². The van der Waals surface area contributed by atoms with Crippen LogP contribution < -0.4 is 5.32 Å². The molecular formula is C15H19N3O2S. The first-order valence-electron chi connectivity index (χ1n) is 7.15. The van der Waals surface area contributed by atoms with Crippen molar-refractivity contribution in [3.05, 3.63) is 24.3 Å². The van der Waals surface area contributed by atoms with E-state index in [9.17, 15) is 4.79 Å². The van der Waals surface area contributed by atoms with Crippen LogP contribution in [0.1, 0.15) is 13.8 Å². The van der Waals surface area contributed by atoms with Gasteiger partial charge >= 0.3 is 0 Å². The molecule has 1 aromatic carbocycles. The van der Waals surface area contributed by atoms with E-state index >= 15 is 0 Å². The topological polar surface area (TPSA) is 54.5 Å². The maximum Gasteiger partial charge on any atom is 0.243 e. The summed E-state index contributed by atoms with van der Waals surface area (Å²) in [5.41, 5.74) is 0.922. The number of carbonyl (C=O) groups is 1. The molecule has 0 bridgehead atoms. The first kappa shape index (κ1) is 14.4. The highest BCUT2D eigenvalue weighted by Gasteiger charge is 2.26. The van der Waals surface area contributed by atoms with Gasteiger partial charge in [-0.15, -0.1) is 0 Å². The summed E-state index contributed by atoms with van der Waals surface area (Å²) in [5, 5.41) is 3.59. The summed E-state index contributed by atoms with van der Waals surface area (Å²) in [6.45, 7) is 6.22. The van der Waals surface area contributed by atoms with Crippen LogP contribution in [0.2, 0.25) is 0 Å². The van der Waals surface area contributed by atoms with Crippen molar-refractivity contribution in [3.8, 4) is 0 Å². The van der Waals surface area contributed by atoms with Crippen molar-refractivity contribution < 1.29 is 9.53 Å². The predicted molar refractivity (Wildman–Crippen MR) is 84.7 cm³/mol. The highest BCUT2D eigenvalue weighted by molar-refractivity contribution is 7.22. The predicted octanol–water partition coefficient (Wildman–Crippen LogP) is 2.34. The molecule has 1 saturated heterocycles. The second-order valence-electron chi connectivity index (χ2n) is 5.33. The summed E-state index contributed by atoms with van der Waals surface area (Å²) < 4.78 is 6.60. The molecular weight excluding hydrogens is 286 g/mol. The number of hydrogen-bond donors (Lipinski definition) is 1. The number of thiazole rings is 1. The van der Waals surface area contributed by atoms with Crippen LogP contribution in [0.15, 0.2) is 24.3 Å². The molecule has 2 heterocycles. The highest BCUT2D eigenvalue weighted by atomic mass is 32.1. The number of ether oxygens (including phenoxy) is 1. The second kappa shape index (κ2) is 6.09. The average molecular weight is 305 g/mol. The van der Waals surface area contributed by atoms with E-state index in [0.29, 0.717) is 11.7 Å². The molecule has 1 aromatic heterocycles. The molecule has 3 rings (SSSR count). The fourth-order valence-electron chi connectivity index (χ4n) is 2.50. The zero-order valence-corrected chi connectivity index (χ0v) is 13.0. The molecule has 1 aliphatic rings. The summed E-state index contributed by atoms with van der Waals surface area (Å²) in [4.78, 5) is 19.0. The van der Waals surface area contributed by atoms with E-state index in [1.807, 2.05) is 38.1 Å². The van der Waals surface area contributed by atoms with Crippen LogP contribution in [0.3, 0.4) is 0 Å². The summed E-state index contributed by atoms with van der Waals surface area (Å²) in [6.07, 6.45) is 0.177. The molecule has 1 N–H and O–H groups in total. The van der Waals surface area contributed by atoms with Gasteiger partial charge in [0.05, 0.1) is 29.0 Å². The van der Waals surface area contributed by atoms with Crippen LogP contribution >= 0.6 is 11.3 Å². The third-order valence-corrected chi connectivity index (χ3v) is 4.68. The number of carbonyl (C=O) groups excluding carboxylic acids is 1. The summed E-state index contributed by atoms with van der Waals surface area (Å²) in [7, 11) is 0. The Morgan fingerprint density at radius 1 is 1.52 bits per heavy atom. The Hall–Kier alpha value is -1.50. The van der Waals surface area contributed by atoms with E-state index in [-0.39, 0.29) is 18.1 Å². The Kier molecular flexibility index (Phi) is 4.19. The van der Waals surface area contributed by atoms with Crippen molar-refractivity contribution in [1.29, 1.82) is 0 Å². The number of aromatic nitrogens is 1. The van der Waals surface area contributed by atoms with Crippen molar-refractivity contribution in [1.82, 2.24) is 9.88 Å². The van der Waals surface area contributed by atoms with Gasteiger partial charge in [0, 0.05) is 13.1 Å². The van der Waals surface area contributed by atoms with Gasteiger partial charge in [-0.1, -0.05) is 23.5 Å². The Morgan fingerprint density at radius 2 is 2.33 bits per heavy atom. The molecule has 1 amide bonds. The van der Waals surface area contributed by atoms with Crippen LogP contribution in [0.5, 0.6) is 0 Å². The quantitative estimate of drug-likeness (QED) is 0.946. The molecule has 1 aliphatic heterocycles. The Morgan fingerprint density at radius 3 is 3.10 bits per heavy atom. The van der Waals surface area contributed by atoms with Gasteiger partial charge in [-0.05, 0) is 26.0 Å². The molecule has 5 nitrogen and oxygen atoms in total.